The molecule has 28 heavy (non-hydrogen) atoms. The van der Waals surface area contributed by atoms with Gasteiger partial charge in [-0.1, -0.05) is 55.5 Å². The van der Waals surface area contributed by atoms with E-state index in [-0.39, 0.29) is 12.0 Å². The van der Waals surface area contributed by atoms with Crippen molar-refractivity contribution in [3.8, 4) is 0 Å². The molecule has 3 rings (SSSR count). The summed E-state index contributed by atoms with van der Waals surface area (Å²) in [5, 5.41) is 19.3. The van der Waals surface area contributed by atoms with Crippen LogP contribution in [0.15, 0.2) is 54.6 Å². The summed E-state index contributed by atoms with van der Waals surface area (Å²) in [5.74, 6) is 0.256. The van der Waals surface area contributed by atoms with E-state index in [1.54, 1.807) is 6.08 Å². The van der Waals surface area contributed by atoms with Crippen molar-refractivity contribution in [1.82, 2.24) is 0 Å². The van der Waals surface area contributed by atoms with Gasteiger partial charge in [0, 0.05) is 12.0 Å². The molecule has 2 aliphatic rings. The molecule has 1 aromatic rings. The SMILES string of the molecule is CC(c1ccccc1)C(O)CC[C@@H]1[C@H](CC=CCC=CC(=O)O)[C@@H]2CC[C@H]1O2. The summed E-state index contributed by atoms with van der Waals surface area (Å²) in [4.78, 5) is 10.5. The molecule has 2 heterocycles. The molecule has 152 valence electrons. The van der Waals surface area contributed by atoms with Gasteiger partial charge < -0.3 is 14.9 Å². The number of aliphatic carboxylic acids is 1. The Morgan fingerprint density at radius 1 is 1.14 bits per heavy atom. The number of rotatable bonds is 10. The van der Waals surface area contributed by atoms with Gasteiger partial charge in [0.1, 0.15) is 0 Å². The predicted molar refractivity (Wildman–Crippen MR) is 110 cm³/mol. The average Bonchev–Trinajstić information content (AvgIpc) is 3.30. The van der Waals surface area contributed by atoms with Crippen LogP contribution in [-0.2, 0) is 9.53 Å². The van der Waals surface area contributed by atoms with E-state index in [1.807, 2.05) is 24.3 Å². The van der Waals surface area contributed by atoms with Gasteiger partial charge in [0.15, 0.2) is 0 Å². The van der Waals surface area contributed by atoms with E-state index in [4.69, 9.17) is 9.84 Å². The lowest BCUT2D eigenvalue weighted by Crippen LogP contribution is -2.28. The zero-order valence-electron chi connectivity index (χ0n) is 16.6. The number of aliphatic hydroxyl groups is 1. The van der Waals surface area contributed by atoms with Crippen molar-refractivity contribution in [2.75, 3.05) is 0 Å². The van der Waals surface area contributed by atoms with Gasteiger partial charge in [-0.2, -0.15) is 0 Å². The molecule has 0 radical (unpaired) electrons. The van der Waals surface area contributed by atoms with Crippen LogP contribution in [-0.4, -0.2) is 34.5 Å². The van der Waals surface area contributed by atoms with Crippen molar-refractivity contribution in [1.29, 1.82) is 0 Å². The highest BCUT2D eigenvalue weighted by atomic mass is 16.5. The molecule has 1 aromatic carbocycles. The Morgan fingerprint density at radius 2 is 1.86 bits per heavy atom. The van der Waals surface area contributed by atoms with Gasteiger partial charge in [0.05, 0.1) is 18.3 Å². The maximum atomic E-state index is 10.7. The predicted octanol–water partition coefficient (Wildman–Crippen LogP) is 4.70. The minimum Gasteiger partial charge on any atom is -0.478 e. The Labute approximate surface area is 167 Å². The molecule has 2 N–H and O–H groups in total. The Kier molecular flexibility index (Phi) is 7.46. The molecule has 4 nitrogen and oxygen atoms in total. The number of aliphatic hydroxyl groups excluding tert-OH is 1. The van der Waals surface area contributed by atoms with Gasteiger partial charge in [-0.15, -0.1) is 0 Å². The van der Waals surface area contributed by atoms with Crippen LogP contribution in [0.1, 0.15) is 56.9 Å². The molecule has 0 amide bonds. The fourth-order valence-electron chi connectivity index (χ4n) is 4.79. The highest BCUT2D eigenvalue weighted by molar-refractivity contribution is 5.79. The number of hydrogen-bond donors (Lipinski definition) is 2. The van der Waals surface area contributed by atoms with E-state index in [0.29, 0.717) is 30.5 Å². The first-order valence-electron chi connectivity index (χ1n) is 10.5. The minimum atomic E-state index is -0.904. The summed E-state index contributed by atoms with van der Waals surface area (Å²) in [6.07, 6.45) is 13.1. The fraction of sp³-hybridized carbons (Fsp3) is 0.542. The van der Waals surface area contributed by atoms with Crippen LogP contribution in [0.4, 0.5) is 0 Å². The molecule has 6 atom stereocenters. The van der Waals surface area contributed by atoms with Crippen molar-refractivity contribution >= 4 is 5.97 Å². The fourth-order valence-corrected chi connectivity index (χ4v) is 4.79. The zero-order valence-corrected chi connectivity index (χ0v) is 16.6. The van der Waals surface area contributed by atoms with Crippen LogP contribution >= 0.6 is 0 Å². The van der Waals surface area contributed by atoms with Crippen molar-refractivity contribution in [3.63, 3.8) is 0 Å². The number of carboxylic acid groups (broad SMARTS) is 1. The topological polar surface area (TPSA) is 66.8 Å². The first kappa shape index (κ1) is 20.8. The lowest BCUT2D eigenvalue weighted by Gasteiger charge is -2.29. The number of carbonyl (C=O) groups is 1. The zero-order chi connectivity index (χ0) is 19.9. The van der Waals surface area contributed by atoms with E-state index >= 15 is 0 Å². The number of benzene rings is 1. The molecule has 0 spiro atoms. The summed E-state index contributed by atoms with van der Waals surface area (Å²) in [5.41, 5.74) is 1.19. The molecule has 2 unspecified atom stereocenters. The van der Waals surface area contributed by atoms with Crippen LogP contribution in [0.2, 0.25) is 0 Å². The van der Waals surface area contributed by atoms with Gasteiger partial charge in [0.25, 0.3) is 0 Å². The number of hydrogen-bond acceptors (Lipinski definition) is 3. The van der Waals surface area contributed by atoms with Gasteiger partial charge in [0.2, 0.25) is 0 Å². The molecule has 4 heteroatoms. The molecule has 2 aliphatic heterocycles. The van der Waals surface area contributed by atoms with Crippen LogP contribution in [0.5, 0.6) is 0 Å². The molecule has 2 saturated heterocycles. The first-order valence-corrected chi connectivity index (χ1v) is 10.5. The number of fused-ring (bicyclic) bond motifs is 2. The van der Waals surface area contributed by atoms with E-state index in [2.05, 4.69) is 25.1 Å². The lowest BCUT2D eigenvalue weighted by molar-refractivity contribution is -0.131. The standard InChI is InChI=1S/C24H32O4/c1-17(18-9-5-4-6-10-18)21(25)14-13-20-19(22-15-16-23(20)28-22)11-7-2-3-8-12-24(26)27/h2,4-10,12,17,19-23,25H,3,11,13-16H2,1H3,(H,26,27)/t17?,19-,20+,21?,22-,23+/m0/s1. The third-order valence-electron chi connectivity index (χ3n) is 6.40. The lowest BCUT2D eigenvalue weighted by atomic mass is 9.74. The molecule has 0 aliphatic carbocycles. The van der Waals surface area contributed by atoms with Crippen LogP contribution < -0.4 is 0 Å². The summed E-state index contributed by atoms with van der Waals surface area (Å²) in [7, 11) is 0. The molecular weight excluding hydrogens is 352 g/mol. The molecular formula is C24H32O4. The Balaban J connectivity index is 1.50. The van der Waals surface area contributed by atoms with Crippen LogP contribution in [0, 0.1) is 11.8 Å². The minimum absolute atomic E-state index is 0.139. The number of ether oxygens (including phenoxy) is 1. The maximum Gasteiger partial charge on any atom is 0.327 e. The second kappa shape index (κ2) is 10.0. The van der Waals surface area contributed by atoms with Crippen LogP contribution in [0.25, 0.3) is 0 Å². The van der Waals surface area contributed by atoms with Crippen LogP contribution in [0.3, 0.4) is 0 Å². The normalized spacial score (nSPS) is 28.9. The first-order chi connectivity index (χ1) is 13.6. The maximum absolute atomic E-state index is 10.7. The third-order valence-corrected chi connectivity index (χ3v) is 6.40. The van der Waals surface area contributed by atoms with Gasteiger partial charge in [-0.25, -0.2) is 4.79 Å². The summed E-state index contributed by atoms with van der Waals surface area (Å²) in [6, 6.07) is 10.2. The van der Waals surface area contributed by atoms with Gasteiger partial charge in [-0.3, -0.25) is 0 Å². The molecule has 2 fully saturated rings. The van der Waals surface area contributed by atoms with Crippen molar-refractivity contribution in [3.05, 3.63) is 60.2 Å². The second-order valence-electron chi connectivity index (χ2n) is 8.15. The highest BCUT2D eigenvalue weighted by Crippen LogP contribution is 2.47. The van der Waals surface area contributed by atoms with E-state index in [1.165, 1.54) is 11.6 Å². The second-order valence-corrected chi connectivity index (χ2v) is 8.15. The Bertz CT molecular complexity index is 681. The van der Waals surface area contributed by atoms with Crippen molar-refractivity contribution in [2.45, 2.75) is 69.7 Å². The molecule has 2 bridgehead atoms. The quantitative estimate of drug-likeness (QED) is 0.453. The monoisotopic (exact) mass is 384 g/mol. The van der Waals surface area contributed by atoms with Gasteiger partial charge in [-0.05, 0) is 55.9 Å². The molecule has 0 aromatic heterocycles. The van der Waals surface area contributed by atoms with E-state index in [9.17, 15) is 9.90 Å². The van der Waals surface area contributed by atoms with E-state index < -0.39 is 5.97 Å². The highest BCUT2D eigenvalue weighted by Gasteiger charge is 2.47. The Morgan fingerprint density at radius 3 is 2.57 bits per heavy atom. The Hall–Kier alpha value is -1.91. The van der Waals surface area contributed by atoms with Crippen molar-refractivity contribution < 1.29 is 19.7 Å². The largest absolute Gasteiger partial charge is 0.478 e. The summed E-state index contributed by atoms with van der Waals surface area (Å²) in [6.45, 7) is 2.10. The molecule has 0 saturated carbocycles. The smallest absolute Gasteiger partial charge is 0.327 e. The average molecular weight is 385 g/mol. The number of carboxylic acids is 1. The summed E-state index contributed by atoms with van der Waals surface area (Å²) < 4.78 is 6.18. The summed E-state index contributed by atoms with van der Waals surface area (Å²) >= 11 is 0. The number of allylic oxidation sites excluding steroid dienone is 3. The van der Waals surface area contributed by atoms with E-state index in [0.717, 1.165) is 32.1 Å². The van der Waals surface area contributed by atoms with Gasteiger partial charge >= 0.3 is 5.97 Å². The van der Waals surface area contributed by atoms with Crippen molar-refractivity contribution in [2.24, 2.45) is 11.8 Å². The third kappa shape index (κ3) is 5.33.